The molecular weight excluding hydrogens is 232 g/mol. The lowest BCUT2D eigenvalue weighted by atomic mass is 9.96. The SMILES string of the molecule is Cc1ccncc1C1CCN(Cc2ccccc2)C1. The van der Waals surface area contributed by atoms with Crippen LogP contribution in [0.25, 0.3) is 0 Å². The number of nitrogens with zero attached hydrogens (tertiary/aromatic N) is 2. The van der Waals surface area contributed by atoms with Gasteiger partial charge in [-0.15, -0.1) is 0 Å². The summed E-state index contributed by atoms with van der Waals surface area (Å²) in [5, 5.41) is 0. The fraction of sp³-hybridized carbons (Fsp3) is 0.353. The summed E-state index contributed by atoms with van der Waals surface area (Å²) in [4.78, 5) is 6.83. The van der Waals surface area contributed by atoms with Crippen LogP contribution in [-0.4, -0.2) is 23.0 Å². The molecule has 98 valence electrons. The van der Waals surface area contributed by atoms with E-state index < -0.39 is 0 Å². The van der Waals surface area contributed by atoms with Gasteiger partial charge in [0.1, 0.15) is 0 Å². The first kappa shape index (κ1) is 12.4. The van der Waals surface area contributed by atoms with Gasteiger partial charge in [0, 0.05) is 25.5 Å². The summed E-state index contributed by atoms with van der Waals surface area (Å²) in [5.41, 5.74) is 4.21. The molecule has 1 atom stereocenters. The molecule has 1 aliphatic heterocycles. The molecule has 0 bridgehead atoms. The topological polar surface area (TPSA) is 16.1 Å². The number of hydrogen-bond acceptors (Lipinski definition) is 2. The fourth-order valence-corrected chi connectivity index (χ4v) is 2.98. The molecule has 0 spiro atoms. The Labute approximate surface area is 115 Å². The number of aromatic nitrogens is 1. The van der Waals surface area contributed by atoms with E-state index in [-0.39, 0.29) is 0 Å². The van der Waals surface area contributed by atoms with Crippen molar-refractivity contribution in [3.05, 3.63) is 65.5 Å². The van der Waals surface area contributed by atoms with Crippen LogP contribution in [0.4, 0.5) is 0 Å². The minimum absolute atomic E-state index is 0.650. The Bertz CT molecular complexity index is 536. The summed E-state index contributed by atoms with van der Waals surface area (Å²) in [6.45, 7) is 5.60. The molecule has 0 saturated carbocycles. The molecular formula is C17H20N2. The van der Waals surface area contributed by atoms with Crippen molar-refractivity contribution in [1.82, 2.24) is 9.88 Å². The second-order valence-corrected chi connectivity index (χ2v) is 5.44. The maximum atomic E-state index is 4.28. The second-order valence-electron chi connectivity index (χ2n) is 5.44. The predicted molar refractivity (Wildman–Crippen MR) is 78.1 cm³/mol. The van der Waals surface area contributed by atoms with Crippen molar-refractivity contribution in [2.75, 3.05) is 13.1 Å². The molecule has 1 saturated heterocycles. The van der Waals surface area contributed by atoms with Crippen molar-refractivity contribution in [3.63, 3.8) is 0 Å². The molecule has 1 aromatic heterocycles. The van der Waals surface area contributed by atoms with E-state index >= 15 is 0 Å². The lowest BCUT2D eigenvalue weighted by Gasteiger charge is -2.17. The van der Waals surface area contributed by atoms with E-state index in [2.05, 4.69) is 53.2 Å². The normalized spacial score (nSPS) is 19.7. The summed E-state index contributed by atoms with van der Waals surface area (Å²) in [7, 11) is 0. The summed E-state index contributed by atoms with van der Waals surface area (Å²) in [6.07, 6.45) is 5.18. The van der Waals surface area contributed by atoms with Crippen LogP contribution in [0.1, 0.15) is 29.0 Å². The lowest BCUT2D eigenvalue weighted by molar-refractivity contribution is 0.327. The quantitative estimate of drug-likeness (QED) is 0.832. The molecule has 1 unspecified atom stereocenters. The number of benzene rings is 1. The highest BCUT2D eigenvalue weighted by molar-refractivity contribution is 5.27. The van der Waals surface area contributed by atoms with Crippen LogP contribution in [-0.2, 0) is 6.54 Å². The van der Waals surface area contributed by atoms with Gasteiger partial charge in [-0.25, -0.2) is 0 Å². The summed E-state index contributed by atoms with van der Waals surface area (Å²) >= 11 is 0. The van der Waals surface area contributed by atoms with Gasteiger partial charge < -0.3 is 0 Å². The molecule has 2 heteroatoms. The molecule has 0 radical (unpaired) electrons. The maximum Gasteiger partial charge on any atom is 0.0305 e. The third-order valence-electron chi connectivity index (χ3n) is 4.04. The Kier molecular flexibility index (Phi) is 3.60. The molecule has 3 rings (SSSR count). The van der Waals surface area contributed by atoms with Crippen molar-refractivity contribution in [1.29, 1.82) is 0 Å². The Morgan fingerprint density at radius 1 is 1.21 bits per heavy atom. The van der Waals surface area contributed by atoms with Crippen molar-refractivity contribution in [2.24, 2.45) is 0 Å². The average molecular weight is 252 g/mol. The molecule has 2 aromatic rings. The zero-order valence-corrected chi connectivity index (χ0v) is 11.4. The second kappa shape index (κ2) is 5.54. The average Bonchev–Trinajstić information content (AvgIpc) is 2.89. The first-order chi connectivity index (χ1) is 9.33. The monoisotopic (exact) mass is 252 g/mol. The van der Waals surface area contributed by atoms with Crippen LogP contribution in [0, 0.1) is 6.92 Å². The summed E-state index contributed by atoms with van der Waals surface area (Å²) in [6, 6.07) is 12.9. The summed E-state index contributed by atoms with van der Waals surface area (Å²) in [5.74, 6) is 0.650. The third kappa shape index (κ3) is 2.85. The van der Waals surface area contributed by atoms with E-state index in [0.29, 0.717) is 5.92 Å². The first-order valence-corrected chi connectivity index (χ1v) is 7.00. The zero-order valence-electron chi connectivity index (χ0n) is 11.4. The van der Waals surface area contributed by atoms with Gasteiger partial charge in [-0.1, -0.05) is 30.3 Å². The van der Waals surface area contributed by atoms with Gasteiger partial charge in [0.05, 0.1) is 0 Å². The van der Waals surface area contributed by atoms with Crippen molar-refractivity contribution < 1.29 is 0 Å². The Morgan fingerprint density at radius 2 is 2.05 bits per heavy atom. The maximum absolute atomic E-state index is 4.28. The zero-order chi connectivity index (χ0) is 13.1. The molecule has 2 heterocycles. The minimum atomic E-state index is 0.650. The number of aryl methyl sites for hydroxylation is 1. The van der Waals surface area contributed by atoms with E-state index in [0.717, 1.165) is 13.1 Å². The molecule has 0 amide bonds. The predicted octanol–water partition coefficient (Wildman–Crippen LogP) is 3.38. The smallest absolute Gasteiger partial charge is 0.0305 e. The third-order valence-corrected chi connectivity index (χ3v) is 4.04. The molecule has 2 nitrogen and oxygen atoms in total. The van der Waals surface area contributed by atoms with Gasteiger partial charge in [-0.3, -0.25) is 9.88 Å². The highest BCUT2D eigenvalue weighted by Crippen LogP contribution is 2.29. The van der Waals surface area contributed by atoms with Gasteiger partial charge in [-0.05, 0) is 48.6 Å². The van der Waals surface area contributed by atoms with Crippen LogP contribution < -0.4 is 0 Å². The largest absolute Gasteiger partial charge is 0.298 e. The standard InChI is InChI=1S/C17H20N2/c1-14-7-9-18-11-17(14)16-8-10-19(13-16)12-15-5-3-2-4-6-15/h2-7,9,11,16H,8,10,12-13H2,1H3. The summed E-state index contributed by atoms with van der Waals surface area (Å²) < 4.78 is 0. The van der Waals surface area contributed by atoms with Crippen molar-refractivity contribution >= 4 is 0 Å². The van der Waals surface area contributed by atoms with E-state index in [4.69, 9.17) is 0 Å². The van der Waals surface area contributed by atoms with E-state index in [1.54, 1.807) is 0 Å². The highest BCUT2D eigenvalue weighted by atomic mass is 15.1. The van der Waals surface area contributed by atoms with Crippen LogP contribution in [0.15, 0.2) is 48.8 Å². The van der Waals surface area contributed by atoms with Crippen molar-refractivity contribution in [3.8, 4) is 0 Å². The van der Waals surface area contributed by atoms with E-state index in [9.17, 15) is 0 Å². The molecule has 1 fully saturated rings. The van der Waals surface area contributed by atoms with Crippen LogP contribution in [0.3, 0.4) is 0 Å². The molecule has 1 aliphatic rings. The first-order valence-electron chi connectivity index (χ1n) is 7.00. The van der Waals surface area contributed by atoms with Crippen LogP contribution in [0.5, 0.6) is 0 Å². The number of likely N-dealkylation sites (tertiary alicyclic amines) is 1. The number of hydrogen-bond donors (Lipinski definition) is 0. The Hall–Kier alpha value is -1.67. The van der Waals surface area contributed by atoms with Crippen molar-refractivity contribution in [2.45, 2.75) is 25.8 Å². The number of rotatable bonds is 3. The van der Waals surface area contributed by atoms with Gasteiger partial charge in [0.25, 0.3) is 0 Å². The number of pyridine rings is 1. The highest BCUT2D eigenvalue weighted by Gasteiger charge is 2.24. The Morgan fingerprint density at radius 3 is 2.84 bits per heavy atom. The van der Waals surface area contributed by atoms with Gasteiger partial charge >= 0.3 is 0 Å². The van der Waals surface area contributed by atoms with E-state index in [1.165, 1.54) is 29.7 Å². The van der Waals surface area contributed by atoms with Gasteiger partial charge in [0.15, 0.2) is 0 Å². The molecule has 1 aromatic carbocycles. The van der Waals surface area contributed by atoms with Gasteiger partial charge in [-0.2, -0.15) is 0 Å². The Balaban J connectivity index is 1.66. The lowest BCUT2D eigenvalue weighted by Crippen LogP contribution is -2.19. The minimum Gasteiger partial charge on any atom is -0.298 e. The fourth-order valence-electron chi connectivity index (χ4n) is 2.98. The molecule has 19 heavy (non-hydrogen) atoms. The molecule has 0 aliphatic carbocycles. The van der Waals surface area contributed by atoms with Gasteiger partial charge in [0.2, 0.25) is 0 Å². The van der Waals surface area contributed by atoms with Crippen LogP contribution >= 0.6 is 0 Å². The van der Waals surface area contributed by atoms with E-state index in [1.807, 2.05) is 12.4 Å². The molecule has 0 N–H and O–H groups in total. The van der Waals surface area contributed by atoms with Crippen LogP contribution in [0.2, 0.25) is 0 Å².